The quantitative estimate of drug-likeness (QED) is 0.479. The largest absolute Gasteiger partial charge is 0.278 e. The molecule has 0 amide bonds. The summed E-state index contributed by atoms with van der Waals surface area (Å²) in [5, 5.41) is 7.91. The number of nitrogens with one attached hydrogen (secondary N) is 1. The van der Waals surface area contributed by atoms with E-state index in [0.29, 0.717) is 5.75 Å². The van der Waals surface area contributed by atoms with Crippen LogP contribution in [0.4, 0.5) is 0 Å². The van der Waals surface area contributed by atoms with Crippen molar-refractivity contribution in [3.8, 4) is 11.8 Å². The van der Waals surface area contributed by atoms with E-state index in [9.17, 15) is 0 Å². The Kier molecular flexibility index (Phi) is 2.24. The number of benzene rings is 1. The summed E-state index contributed by atoms with van der Waals surface area (Å²) in [4.78, 5) is 0. The molecule has 13 heavy (non-hydrogen) atoms. The van der Waals surface area contributed by atoms with Crippen LogP contribution in [-0.4, -0.2) is 16.0 Å². The van der Waals surface area contributed by atoms with Crippen LogP contribution in [0.1, 0.15) is 5.56 Å². The van der Waals surface area contributed by atoms with Gasteiger partial charge >= 0.3 is 0 Å². The lowest BCUT2D eigenvalue weighted by Crippen LogP contribution is -1.74. The molecular formula is C10H8N2S. The summed E-state index contributed by atoms with van der Waals surface area (Å²) < 4.78 is 0. The Morgan fingerprint density at radius 1 is 1.46 bits per heavy atom. The number of aromatic nitrogens is 2. The monoisotopic (exact) mass is 188 g/mol. The lowest BCUT2D eigenvalue weighted by atomic mass is 10.2. The van der Waals surface area contributed by atoms with E-state index in [1.54, 1.807) is 6.20 Å². The van der Waals surface area contributed by atoms with Gasteiger partial charge in [-0.05, 0) is 18.2 Å². The molecule has 0 unspecified atom stereocenters. The zero-order chi connectivity index (χ0) is 9.10. The fourth-order valence-corrected chi connectivity index (χ4v) is 1.24. The van der Waals surface area contributed by atoms with Crippen molar-refractivity contribution in [1.29, 1.82) is 0 Å². The van der Waals surface area contributed by atoms with Crippen molar-refractivity contribution < 1.29 is 0 Å². The maximum absolute atomic E-state index is 4.02. The molecule has 0 atom stereocenters. The van der Waals surface area contributed by atoms with E-state index in [2.05, 4.69) is 34.7 Å². The first-order chi connectivity index (χ1) is 6.40. The van der Waals surface area contributed by atoms with E-state index in [1.165, 1.54) is 0 Å². The first-order valence-electron chi connectivity index (χ1n) is 3.93. The standard InChI is InChI=1S/C10H8N2S/c13-5-1-2-8-3-4-10-9(6-8)7-11-12-10/h3-4,6-7,13H,5H2,(H,11,12). The molecule has 1 aromatic heterocycles. The van der Waals surface area contributed by atoms with Crippen LogP contribution in [0, 0.1) is 11.8 Å². The van der Waals surface area contributed by atoms with Gasteiger partial charge in [0.1, 0.15) is 0 Å². The summed E-state index contributed by atoms with van der Waals surface area (Å²) in [6.07, 6.45) is 1.79. The highest BCUT2D eigenvalue weighted by atomic mass is 32.1. The molecule has 0 aliphatic heterocycles. The van der Waals surface area contributed by atoms with Gasteiger partial charge in [-0.25, -0.2) is 0 Å². The molecule has 0 radical (unpaired) electrons. The SMILES string of the molecule is SCC#Cc1ccc2[nH]ncc2c1. The third-order valence-corrected chi connectivity index (χ3v) is 1.91. The lowest BCUT2D eigenvalue weighted by molar-refractivity contribution is 1.12. The molecule has 64 valence electrons. The molecule has 0 fully saturated rings. The van der Waals surface area contributed by atoms with Crippen LogP contribution in [0.3, 0.4) is 0 Å². The zero-order valence-electron chi connectivity index (χ0n) is 6.91. The van der Waals surface area contributed by atoms with E-state index in [-0.39, 0.29) is 0 Å². The molecule has 1 aromatic carbocycles. The normalized spacial score (nSPS) is 9.62. The first kappa shape index (κ1) is 8.21. The van der Waals surface area contributed by atoms with E-state index in [0.717, 1.165) is 16.5 Å². The maximum atomic E-state index is 4.02. The van der Waals surface area contributed by atoms with E-state index < -0.39 is 0 Å². The summed E-state index contributed by atoms with van der Waals surface area (Å²) >= 11 is 4.02. The number of fused-ring (bicyclic) bond motifs is 1. The molecule has 2 nitrogen and oxygen atoms in total. The third kappa shape index (κ3) is 1.68. The number of H-pyrrole nitrogens is 1. The van der Waals surface area contributed by atoms with Crippen LogP contribution < -0.4 is 0 Å². The van der Waals surface area contributed by atoms with Crippen LogP contribution in [0.5, 0.6) is 0 Å². The molecule has 0 spiro atoms. The summed E-state index contributed by atoms with van der Waals surface area (Å²) in [6, 6.07) is 5.96. The van der Waals surface area contributed by atoms with Gasteiger partial charge in [0.15, 0.2) is 0 Å². The van der Waals surface area contributed by atoms with Crippen molar-refractivity contribution in [3.63, 3.8) is 0 Å². The molecule has 1 N–H and O–H groups in total. The molecular weight excluding hydrogens is 180 g/mol. The van der Waals surface area contributed by atoms with Crippen LogP contribution in [0.2, 0.25) is 0 Å². The average molecular weight is 188 g/mol. The topological polar surface area (TPSA) is 28.7 Å². The number of hydrogen-bond acceptors (Lipinski definition) is 2. The highest BCUT2D eigenvalue weighted by molar-refractivity contribution is 7.80. The van der Waals surface area contributed by atoms with Crippen molar-refractivity contribution in [2.24, 2.45) is 0 Å². The van der Waals surface area contributed by atoms with Crippen LogP contribution in [0.15, 0.2) is 24.4 Å². The second kappa shape index (κ2) is 3.55. The van der Waals surface area contributed by atoms with Gasteiger partial charge in [-0.3, -0.25) is 5.10 Å². The lowest BCUT2D eigenvalue weighted by Gasteiger charge is -1.89. The van der Waals surface area contributed by atoms with Gasteiger partial charge in [0, 0.05) is 10.9 Å². The summed E-state index contributed by atoms with van der Waals surface area (Å²) in [5.74, 6) is 6.50. The Morgan fingerprint density at radius 2 is 2.38 bits per heavy atom. The minimum Gasteiger partial charge on any atom is -0.278 e. The fourth-order valence-electron chi connectivity index (χ4n) is 1.16. The second-order valence-electron chi connectivity index (χ2n) is 2.63. The molecule has 0 aliphatic rings. The molecule has 0 bridgehead atoms. The molecule has 0 saturated carbocycles. The van der Waals surface area contributed by atoms with Gasteiger partial charge < -0.3 is 0 Å². The molecule has 1 heterocycles. The van der Waals surface area contributed by atoms with Gasteiger partial charge in [-0.15, -0.1) is 0 Å². The minimum atomic E-state index is 0.587. The Bertz CT molecular complexity index is 476. The Hall–Kier alpha value is -1.40. The molecule has 0 saturated heterocycles. The van der Waals surface area contributed by atoms with Crippen molar-refractivity contribution in [2.45, 2.75) is 0 Å². The van der Waals surface area contributed by atoms with E-state index in [4.69, 9.17) is 0 Å². The Labute approximate surface area is 81.8 Å². The van der Waals surface area contributed by atoms with Gasteiger partial charge in [0.05, 0.1) is 17.5 Å². The molecule has 2 rings (SSSR count). The van der Waals surface area contributed by atoms with Gasteiger partial charge in [-0.2, -0.15) is 17.7 Å². The summed E-state index contributed by atoms with van der Waals surface area (Å²) in [5.41, 5.74) is 2.04. The van der Waals surface area contributed by atoms with Crippen LogP contribution in [0.25, 0.3) is 10.9 Å². The van der Waals surface area contributed by atoms with Gasteiger partial charge in [-0.1, -0.05) is 11.8 Å². The summed E-state index contributed by atoms with van der Waals surface area (Å²) in [6.45, 7) is 0. The van der Waals surface area contributed by atoms with Gasteiger partial charge in [0.25, 0.3) is 0 Å². The predicted molar refractivity (Wildman–Crippen MR) is 56.8 cm³/mol. The fraction of sp³-hybridized carbons (Fsp3) is 0.100. The summed E-state index contributed by atoms with van der Waals surface area (Å²) in [7, 11) is 0. The second-order valence-corrected chi connectivity index (χ2v) is 2.95. The number of thiol groups is 1. The smallest absolute Gasteiger partial charge is 0.0651 e. The first-order valence-corrected chi connectivity index (χ1v) is 4.56. The number of rotatable bonds is 0. The van der Waals surface area contributed by atoms with Crippen molar-refractivity contribution >= 4 is 23.5 Å². The highest BCUT2D eigenvalue weighted by Gasteiger charge is 1.94. The van der Waals surface area contributed by atoms with Crippen molar-refractivity contribution in [2.75, 3.05) is 5.75 Å². The van der Waals surface area contributed by atoms with Gasteiger partial charge in [0.2, 0.25) is 0 Å². The van der Waals surface area contributed by atoms with E-state index in [1.807, 2.05) is 18.2 Å². The highest BCUT2D eigenvalue weighted by Crippen LogP contribution is 2.11. The number of hydrogen-bond donors (Lipinski definition) is 2. The Balaban J connectivity index is 2.48. The third-order valence-electron chi connectivity index (χ3n) is 1.75. The predicted octanol–water partition coefficient (Wildman–Crippen LogP) is 1.84. The molecule has 0 aliphatic carbocycles. The molecule has 3 heteroatoms. The van der Waals surface area contributed by atoms with Crippen LogP contribution in [-0.2, 0) is 0 Å². The number of aromatic amines is 1. The average Bonchev–Trinajstić information content (AvgIpc) is 2.61. The van der Waals surface area contributed by atoms with Crippen molar-refractivity contribution in [1.82, 2.24) is 10.2 Å². The van der Waals surface area contributed by atoms with Crippen molar-refractivity contribution in [3.05, 3.63) is 30.0 Å². The zero-order valence-corrected chi connectivity index (χ0v) is 7.81. The van der Waals surface area contributed by atoms with Crippen LogP contribution >= 0.6 is 12.6 Å². The minimum absolute atomic E-state index is 0.587. The molecule has 2 aromatic rings. The van der Waals surface area contributed by atoms with E-state index >= 15 is 0 Å². The Morgan fingerprint density at radius 3 is 3.23 bits per heavy atom. The maximum Gasteiger partial charge on any atom is 0.0651 e. The number of nitrogens with zero attached hydrogens (tertiary/aromatic N) is 1.